The summed E-state index contributed by atoms with van der Waals surface area (Å²) < 4.78 is 11.9. The normalized spacial score (nSPS) is 14.2. The highest BCUT2D eigenvalue weighted by Gasteiger charge is 2.36. The van der Waals surface area contributed by atoms with Crippen LogP contribution in [0.4, 0.5) is 10.5 Å². The number of ether oxygens (including phenoxy) is 2. The number of carbonyl (C=O) groups excluding carboxylic acids is 3. The molecule has 10 heteroatoms. The number of amides is 4. The average Bonchev–Trinajstić information content (AvgIpc) is 2.92. The lowest BCUT2D eigenvalue weighted by atomic mass is 10.0. The molecular weight excluding hydrogens is 536 g/mol. The zero-order valence-corrected chi connectivity index (χ0v) is 22.2. The predicted octanol–water partition coefficient (Wildman–Crippen LogP) is 5.41. The van der Waals surface area contributed by atoms with Crippen LogP contribution >= 0.6 is 11.6 Å². The van der Waals surface area contributed by atoms with Gasteiger partial charge in [0.05, 0.1) is 17.9 Å². The molecule has 0 aromatic heterocycles. The first-order valence-corrected chi connectivity index (χ1v) is 12.6. The number of barbiturate groups is 1. The van der Waals surface area contributed by atoms with Crippen LogP contribution in [0.25, 0.3) is 6.08 Å². The topological polar surface area (TPSA) is 122 Å². The second kappa shape index (κ2) is 12.3. The Morgan fingerprint density at radius 1 is 1.05 bits per heavy atom. The third-order valence-corrected chi connectivity index (χ3v) is 6.15. The zero-order chi connectivity index (χ0) is 28.8. The van der Waals surface area contributed by atoms with E-state index < -0.39 is 23.8 Å². The number of aromatic carboxylic acids is 1. The van der Waals surface area contributed by atoms with Gasteiger partial charge in [0.1, 0.15) is 12.2 Å². The van der Waals surface area contributed by atoms with Gasteiger partial charge >= 0.3 is 12.0 Å². The Balaban J connectivity index is 1.69. The quantitative estimate of drug-likeness (QED) is 0.193. The van der Waals surface area contributed by atoms with Gasteiger partial charge in [0.2, 0.25) is 0 Å². The maximum Gasteiger partial charge on any atom is 0.335 e. The van der Waals surface area contributed by atoms with Gasteiger partial charge in [-0.1, -0.05) is 29.8 Å². The summed E-state index contributed by atoms with van der Waals surface area (Å²) in [7, 11) is 0. The van der Waals surface area contributed by atoms with E-state index in [1.165, 1.54) is 42.5 Å². The number of anilines is 1. The number of carbonyl (C=O) groups is 4. The molecule has 40 heavy (non-hydrogen) atoms. The van der Waals surface area contributed by atoms with Gasteiger partial charge in [0, 0.05) is 10.6 Å². The number of carboxylic acids is 1. The molecule has 4 amide bonds. The molecule has 1 saturated heterocycles. The lowest BCUT2D eigenvalue weighted by Crippen LogP contribution is -2.54. The summed E-state index contributed by atoms with van der Waals surface area (Å²) in [5.74, 6) is -1.80. The lowest BCUT2D eigenvalue weighted by molar-refractivity contribution is -0.122. The van der Waals surface area contributed by atoms with Gasteiger partial charge in [-0.15, -0.1) is 6.58 Å². The summed E-state index contributed by atoms with van der Waals surface area (Å²) in [5.41, 5.74) is 2.09. The number of hydrogen-bond donors (Lipinski definition) is 2. The molecular formula is C30H25ClN2O7. The fourth-order valence-corrected chi connectivity index (χ4v) is 4.17. The molecule has 4 rings (SSSR count). The number of nitrogens with one attached hydrogen (secondary N) is 1. The lowest BCUT2D eigenvalue weighted by Gasteiger charge is -2.26. The average molecular weight is 561 g/mol. The number of halogens is 1. The molecule has 1 fully saturated rings. The Kier molecular flexibility index (Phi) is 8.66. The molecule has 1 aliphatic heterocycles. The molecule has 204 valence electrons. The van der Waals surface area contributed by atoms with Crippen molar-refractivity contribution in [3.63, 3.8) is 0 Å². The molecule has 1 aliphatic rings. The first-order chi connectivity index (χ1) is 19.2. The molecule has 0 radical (unpaired) electrons. The highest BCUT2D eigenvalue weighted by atomic mass is 35.5. The van der Waals surface area contributed by atoms with Gasteiger partial charge in [-0.25, -0.2) is 14.5 Å². The van der Waals surface area contributed by atoms with Crippen LogP contribution in [0.2, 0.25) is 5.02 Å². The van der Waals surface area contributed by atoms with Crippen molar-refractivity contribution in [1.29, 1.82) is 0 Å². The van der Waals surface area contributed by atoms with Crippen molar-refractivity contribution < 1.29 is 33.8 Å². The van der Waals surface area contributed by atoms with Crippen LogP contribution in [0.15, 0.2) is 78.9 Å². The third-order valence-electron chi connectivity index (χ3n) is 5.90. The number of carboxylic acid groups (broad SMARTS) is 1. The first kappa shape index (κ1) is 28.1. The van der Waals surface area contributed by atoms with Gasteiger partial charge in [-0.05, 0) is 79.1 Å². The van der Waals surface area contributed by atoms with Crippen molar-refractivity contribution in [2.24, 2.45) is 0 Å². The Hall–Kier alpha value is -4.89. The predicted molar refractivity (Wildman–Crippen MR) is 150 cm³/mol. The van der Waals surface area contributed by atoms with Gasteiger partial charge in [-0.2, -0.15) is 0 Å². The summed E-state index contributed by atoms with van der Waals surface area (Å²) in [5, 5.41) is 11.7. The molecule has 9 nitrogen and oxygen atoms in total. The van der Waals surface area contributed by atoms with Gasteiger partial charge < -0.3 is 14.6 Å². The van der Waals surface area contributed by atoms with Crippen LogP contribution in [0.5, 0.6) is 11.5 Å². The minimum atomic E-state index is -1.02. The van der Waals surface area contributed by atoms with E-state index in [0.29, 0.717) is 40.7 Å². The van der Waals surface area contributed by atoms with E-state index in [2.05, 4.69) is 11.9 Å². The molecule has 0 atom stereocenters. The Bertz CT molecular complexity index is 1510. The molecule has 1 heterocycles. The van der Waals surface area contributed by atoms with Crippen molar-refractivity contribution >= 4 is 47.2 Å². The van der Waals surface area contributed by atoms with E-state index in [1.807, 2.05) is 0 Å². The third kappa shape index (κ3) is 6.22. The molecule has 2 N–H and O–H groups in total. The molecule has 0 aliphatic carbocycles. The molecule has 0 unspecified atom stereocenters. The Morgan fingerprint density at radius 3 is 2.38 bits per heavy atom. The summed E-state index contributed by atoms with van der Waals surface area (Å²) in [4.78, 5) is 50.5. The highest BCUT2D eigenvalue weighted by molar-refractivity contribution is 6.39. The maximum absolute atomic E-state index is 13.3. The van der Waals surface area contributed by atoms with E-state index in [1.54, 1.807) is 37.3 Å². The van der Waals surface area contributed by atoms with Crippen molar-refractivity contribution in [3.8, 4) is 11.5 Å². The minimum absolute atomic E-state index is 0.142. The molecule has 0 spiro atoms. The van der Waals surface area contributed by atoms with Crippen LogP contribution in [0, 0.1) is 0 Å². The second-order valence-corrected chi connectivity index (χ2v) is 9.09. The summed E-state index contributed by atoms with van der Waals surface area (Å²) in [6.07, 6.45) is 3.45. The Labute approximate surface area is 235 Å². The van der Waals surface area contributed by atoms with E-state index in [9.17, 15) is 19.2 Å². The molecule has 3 aromatic carbocycles. The SMILES string of the molecule is C=CCc1cc(/C=C2\C(=O)NC(=O)N(c3ccc(Cl)cc3)C2=O)cc(OCC)c1OCc1ccc(C(=O)O)cc1. The van der Waals surface area contributed by atoms with Crippen LogP contribution < -0.4 is 19.7 Å². The summed E-state index contributed by atoms with van der Waals surface area (Å²) in [6, 6.07) is 14.9. The Morgan fingerprint density at radius 2 is 1.75 bits per heavy atom. The highest BCUT2D eigenvalue weighted by Crippen LogP contribution is 2.36. The van der Waals surface area contributed by atoms with Gasteiger partial charge in [0.15, 0.2) is 11.5 Å². The molecule has 0 saturated carbocycles. The van der Waals surface area contributed by atoms with E-state index in [0.717, 1.165) is 10.5 Å². The van der Waals surface area contributed by atoms with E-state index in [4.69, 9.17) is 26.2 Å². The smallest absolute Gasteiger partial charge is 0.335 e. The van der Waals surface area contributed by atoms with Gasteiger partial charge in [-0.3, -0.25) is 14.9 Å². The first-order valence-electron chi connectivity index (χ1n) is 12.2. The monoisotopic (exact) mass is 560 g/mol. The van der Waals surface area contributed by atoms with E-state index in [-0.39, 0.29) is 23.4 Å². The number of imide groups is 2. The van der Waals surface area contributed by atoms with Crippen molar-refractivity contribution in [2.45, 2.75) is 20.0 Å². The van der Waals surface area contributed by atoms with E-state index >= 15 is 0 Å². The number of hydrogen-bond acceptors (Lipinski definition) is 6. The number of nitrogens with zero attached hydrogens (tertiary/aromatic N) is 1. The van der Waals surface area contributed by atoms with Crippen LogP contribution in [0.3, 0.4) is 0 Å². The molecule has 0 bridgehead atoms. The second-order valence-electron chi connectivity index (χ2n) is 8.66. The number of urea groups is 1. The minimum Gasteiger partial charge on any atom is -0.490 e. The number of benzene rings is 3. The number of rotatable bonds is 10. The maximum atomic E-state index is 13.3. The summed E-state index contributed by atoms with van der Waals surface area (Å²) >= 11 is 5.93. The van der Waals surface area contributed by atoms with Crippen molar-refractivity contribution in [2.75, 3.05) is 11.5 Å². The fourth-order valence-electron chi connectivity index (χ4n) is 4.05. The van der Waals surface area contributed by atoms with Crippen LogP contribution in [0.1, 0.15) is 34.0 Å². The number of allylic oxidation sites excluding steroid dienone is 1. The standard InChI is InChI=1S/C30H25ClN2O7/c1-3-5-21-14-19(15-24-27(34)32-30(38)33(28(24)35)23-12-10-22(31)11-13-23)16-25(39-4-2)26(21)40-17-18-6-8-20(9-7-18)29(36)37/h3,6-16H,1,4-5,17H2,2H3,(H,36,37)(H,32,34,38)/b24-15+. The van der Waals surface area contributed by atoms with Crippen LogP contribution in [-0.2, 0) is 22.6 Å². The van der Waals surface area contributed by atoms with Crippen molar-refractivity contribution in [1.82, 2.24) is 5.32 Å². The summed E-state index contributed by atoms with van der Waals surface area (Å²) in [6.45, 7) is 6.07. The van der Waals surface area contributed by atoms with Crippen LogP contribution in [-0.4, -0.2) is 35.5 Å². The zero-order valence-electron chi connectivity index (χ0n) is 21.5. The van der Waals surface area contributed by atoms with Gasteiger partial charge in [0.25, 0.3) is 11.8 Å². The van der Waals surface area contributed by atoms with Crippen molar-refractivity contribution in [3.05, 3.63) is 106 Å². The molecule has 3 aromatic rings. The fraction of sp³-hybridized carbons (Fsp3) is 0.133. The largest absolute Gasteiger partial charge is 0.490 e.